The molecule has 0 amide bonds. The minimum Gasteiger partial charge on any atom is -0.458 e. The number of rotatable bonds is 15. The highest BCUT2D eigenvalue weighted by atomic mass is 31.2. The van der Waals surface area contributed by atoms with E-state index < -0.39 is 51.7 Å². The SMILES string of the molecule is CCOP(=O)(CC(=O)OC(C)C(C)OC(=O)CP(=O)(OCC)OCC)OCC. The van der Waals surface area contributed by atoms with Crippen molar-refractivity contribution in [3.63, 3.8) is 0 Å². The molecule has 0 aliphatic rings. The maximum absolute atomic E-state index is 12.3. The Balaban J connectivity index is 4.70. The molecule has 28 heavy (non-hydrogen) atoms. The second-order valence-corrected chi connectivity index (χ2v) is 9.71. The predicted octanol–water partition coefficient (Wildman–Crippen LogP) is 3.38. The molecular formula is C16H32O10P2. The number of esters is 2. The fourth-order valence-electron chi connectivity index (χ4n) is 2.04. The minimum atomic E-state index is -3.59. The Morgan fingerprint density at radius 1 is 0.643 bits per heavy atom. The molecular weight excluding hydrogens is 414 g/mol. The lowest BCUT2D eigenvalue weighted by atomic mass is 10.2. The van der Waals surface area contributed by atoms with Crippen molar-refractivity contribution >= 4 is 27.1 Å². The fourth-order valence-corrected chi connectivity index (χ4v) is 4.91. The van der Waals surface area contributed by atoms with Crippen molar-refractivity contribution in [2.75, 3.05) is 38.8 Å². The zero-order chi connectivity index (χ0) is 21.8. The Morgan fingerprint density at radius 3 is 1.11 bits per heavy atom. The van der Waals surface area contributed by atoms with Crippen LogP contribution in [0.15, 0.2) is 0 Å². The molecule has 2 unspecified atom stereocenters. The van der Waals surface area contributed by atoms with Gasteiger partial charge < -0.3 is 27.6 Å². The van der Waals surface area contributed by atoms with E-state index in [4.69, 9.17) is 27.6 Å². The molecule has 10 nitrogen and oxygen atoms in total. The molecule has 0 aliphatic carbocycles. The van der Waals surface area contributed by atoms with E-state index in [0.29, 0.717) is 0 Å². The monoisotopic (exact) mass is 446 g/mol. The summed E-state index contributed by atoms with van der Waals surface area (Å²) in [5, 5.41) is 0. The first-order valence-electron chi connectivity index (χ1n) is 9.19. The molecule has 0 aromatic carbocycles. The Morgan fingerprint density at radius 2 is 0.893 bits per heavy atom. The van der Waals surface area contributed by atoms with Crippen molar-refractivity contribution in [3.8, 4) is 0 Å². The average molecular weight is 446 g/mol. The van der Waals surface area contributed by atoms with E-state index in [0.717, 1.165) is 0 Å². The van der Waals surface area contributed by atoms with Crippen molar-refractivity contribution in [2.45, 2.75) is 53.8 Å². The highest BCUT2D eigenvalue weighted by Crippen LogP contribution is 2.48. The third-order valence-corrected chi connectivity index (χ3v) is 7.14. The van der Waals surface area contributed by atoms with Crippen LogP contribution in [0.3, 0.4) is 0 Å². The van der Waals surface area contributed by atoms with Crippen LogP contribution in [-0.2, 0) is 46.3 Å². The van der Waals surface area contributed by atoms with Gasteiger partial charge in [0.1, 0.15) is 24.5 Å². The van der Waals surface area contributed by atoms with E-state index in [9.17, 15) is 18.7 Å². The standard InChI is InChI=1S/C16H32O10P2/c1-7-21-27(19,22-8-2)11-15(17)25-13(5)14(6)26-16(18)12-28(20,23-9-3)24-10-4/h13-14H,7-12H2,1-6H3. The van der Waals surface area contributed by atoms with Crippen LogP contribution < -0.4 is 0 Å². The zero-order valence-electron chi connectivity index (χ0n) is 17.4. The van der Waals surface area contributed by atoms with Gasteiger partial charge in [-0.15, -0.1) is 0 Å². The number of carbonyl (C=O) groups is 2. The van der Waals surface area contributed by atoms with Gasteiger partial charge >= 0.3 is 27.1 Å². The third-order valence-electron chi connectivity index (χ3n) is 3.24. The van der Waals surface area contributed by atoms with E-state index in [1.165, 1.54) is 13.8 Å². The summed E-state index contributed by atoms with van der Waals surface area (Å²) in [5.74, 6) is -1.62. The average Bonchev–Trinajstić information content (AvgIpc) is 2.54. The Kier molecular flexibility index (Phi) is 13.1. The van der Waals surface area contributed by atoms with Crippen LogP contribution in [0.25, 0.3) is 0 Å². The van der Waals surface area contributed by atoms with E-state index >= 15 is 0 Å². The van der Waals surface area contributed by atoms with Crippen LogP contribution in [0.4, 0.5) is 0 Å². The van der Waals surface area contributed by atoms with Crippen LogP contribution in [-0.4, -0.2) is 62.9 Å². The quantitative estimate of drug-likeness (QED) is 0.273. The molecule has 0 fully saturated rings. The lowest BCUT2D eigenvalue weighted by Crippen LogP contribution is -2.32. The molecule has 0 saturated carbocycles. The molecule has 0 N–H and O–H groups in total. The Labute approximate surface area is 166 Å². The molecule has 0 bridgehead atoms. The van der Waals surface area contributed by atoms with Gasteiger partial charge in [0.25, 0.3) is 0 Å². The zero-order valence-corrected chi connectivity index (χ0v) is 19.2. The first-order chi connectivity index (χ1) is 13.0. The highest BCUT2D eigenvalue weighted by molar-refractivity contribution is 7.55. The maximum atomic E-state index is 12.3. The molecule has 0 heterocycles. The molecule has 2 atom stereocenters. The largest absolute Gasteiger partial charge is 0.458 e. The third kappa shape index (κ3) is 10.7. The van der Waals surface area contributed by atoms with Gasteiger partial charge in [0, 0.05) is 0 Å². The van der Waals surface area contributed by atoms with Gasteiger partial charge in [0.2, 0.25) is 0 Å². The lowest BCUT2D eigenvalue weighted by Gasteiger charge is -2.23. The second-order valence-electron chi connectivity index (χ2n) is 5.60. The molecule has 0 saturated heterocycles. The van der Waals surface area contributed by atoms with Crippen molar-refractivity contribution in [1.29, 1.82) is 0 Å². The van der Waals surface area contributed by atoms with Gasteiger partial charge in [-0.3, -0.25) is 18.7 Å². The van der Waals surface area contributed by atoms with Crippen molar-refractivity contribution in [2.24, 2.45) is 0 Å². The van der Waals surface area contributed by atoms with Gasteiger partial charge in [-0.2, -0.15) is 0 Å². The lowest BCUT2D eigenvalue weighted by molar-refractivity contribution is -0.162. The van der Waals surface area contributed by atoms with E-state index in [1.54, 1.807) is 27.7 Å². The summed E-state index contributed by atoms with van der Waals surface area (Å²) < 4.78 is 55.1. The van der Waals surface area contributed by atoms with Crippen LogP contribution in [0.1, 0.15) is 41.5 Å². The number of hydrogen-bond donors (Lipinski definition) is 0. The molecule has 0 aromatic rings. The van der Waals surface area contributed by atoms with Gasteiger partial charge in [-0.1, -0.05) is 0 Å². The normalized spacial score (nSPS) is 14.4. The summed E-state index contributed by atoms with van der Waals surface area (Å²) >= 11 is 0. The second kappa shape index (κ2) is 13.5. The van der Waals surface area contributed by atoms with Crippen molar-refractivity contribution < 1.29 is 46.3 Å². The predicted molar refractivity (Wildman–Crippen MR) is 103 cm³/mol. The molecule has 0 aromatic heterocycles. The van der Waals surface area contributed by atoms with E-state index in [1.807, 2.05) is 0 Å². The molecule has 0 spiro atoms. The van der Waals surface area contributed by atoms with Crippen LogP contribution in [0.5, 0.6) is 0 Å². The summed E-state index contributed by atoms with van der Waals surface area (Å²) in [4.78, 5) is 24.1. The Hall–Kier alpha value is -0.760. The topological polar surface area (TPSA) is 124 Å². The Bertz CT molecular complexity index is 510. The van der Waals surface area contributed by atoms with Crippen LogP contribution >= 0.6 is 15.2 Å². The van der Waals surface area contributed by atoms with Gasteiger partial charge in [-0.05, 0) is 41.5 Å². The molecule has 0 rings (SSSR count). The fraction of sp³-hybridized carbons (Fsp3) is 0.875. The molecule has 0 aliphatic heterocycles. The highest BCUT2D eigenvalue weighted by Gasteiger charge is 2.33. The summed E-state index contributed by atoms with van der Waals surface area (Å²) in [7, 11) is -7.17. The summed E-state index contributed by atoms with van der Waals surface area (Å²) in [6.07, 6.45) is -2.79. The molecule has 12 heteroatoms. The van der Waals surface area contributed by atoms with Crippen molar-refractivity contribution in [1.82, 2.24) is 0 Å². The molecule has 166 valence electrons. The van der Waals surface area contributed by atoms with Crippen LogP contribution in [0, 0.1) is 0 Å². The van der Waals surface area contributed by atoms with Gasteiger partial charge in [0.05, 0.1) is 26.4 Å². The maximum Gasteiger partial charge on any atom is 0.341 e. The van der Waals surface area contributed by atoms with Gasteiger partial charge in [-0.25, -0.2) is 0 Å². The number of hydrogen-bond acceptors (Lipinski definition) is 10. The van der Waals surface area contributed by atoms with Crippen molar-refractivity contribution in [3.05, 3.63) is 0 Å². The smallest absolute Gasteiger partial charge is 0.341 e. The summed E-state index contributed by atoms with van der Waals surface area (Å²) in [6.45, 7) is 10.0. The van der Waals surface area contributed by atoms with Crippen LogP contribution in [0.2, 0.25) is 0 Å². The minimum absolute atomic E-state index is 0.119. The van der Waals surface area contributed by atoms with E-state index in [-0.39, 0.29) is 26.4 Å². The van der Waals surface area contributed by atoms with Gasteiger partial charge in [0.15, 0.2) is 0 Å². The summed E-state index contributed by atoms with van der Waals surface area (Å²) in [6, 6.07) is 0. The van der Waals surface area contributed by atoms with E-state index in [2.05, 4.69) is 0 Å². The first kappa shape index (κ1) is 27.2. The summed E-state index contributed by atoms with van der Waals surface area (Å²) in [5.41, 5.74) is 0. The number of carbonyl (C=O) groups excluding carboxylic acids is 2. The number of ether oxygens (including phenoxy) is 2. The first-order valence-corrected chi connectivity index (χ1v) is 12.6. The molecule has 0 radical (unpaired) electrons.